The fraction of sp³-hybridized carbons (Fsp3) is 0.800. The zero-order valence-corrected chi connectivity index (χ0v) is 4.59. The van der Waals surface area contributed by atoms with Crippen LogP contribution < -0.4 is 5.32 Å². The van der Waals surface area contributed by atoms with E-state index in [4.69, 9.17) is 4.74 Å². The average molecular weight is 115 g/mol. The van der Waals surface area contributed by atoms with Crippen molar-refractivity contribution in [3.8, 4) is 0 Å². The average Bonchev–Trinajstić information content (AvgIpc) is 2.19. The van der Waals surface area contributed by atoms with E-state index in [0.717, 1.165) is 19.4 Å². The predicted octanol–water partition coefficient (Wildman–Crippen LogP) is -0.131. The molecule has 3 nitrogen and oxygen atoms in total. The normalized spacial score (nSPS) is 27.8. The molecule has 46 valence electrons. The smallest absolute Gasteiger partial charge is 0.209 e. The summed E-state index contributed by atoms with van der Waals surface area (Å²) in [6, 6.07) is 0. The number of carbonyl (C=O) groups excluding carboxylic acids is 1. The van der Waals surface area contributed by atoms with Gasteiger partial charge in [-0.25, -0.2) is 0 Å². The van der Waals surface area contributed by atoms with E-state index in [1.807, 2.05) is 0 Å². The molecule has 1 aliphatic heterocycles. The number of nitrogens with one attached hydrogen (secondary N) is 1. The Labute approximate surface area is 48.0 Å². The summed E-state index contributed by atoms with van der Waals surface area (Å²) < 4.78 is 5.05. The van der Waals surface area contributed by atoms with Crippen LogP contribution in [0.3, 0.4) is 0 Å². The first-order valence-corrected chi connectivity index (χ1v) is 2.75. The van der Waals surface area contributed by atoms with Crippen LogP contribution in [0.15, 0.2) is 0 Å². The Kier molecular flexibility index (Phi) is 1.86. The van der Waals surface area contributed by atoms with Crippen LogP contribution in [0.25, 0.3) is 0 Å². The van der Waals surface area contributed by atoms with Crippen molar-refractivity contribution in [2.24, 2.45) is 0 Å². The van der Waals surface area contributed by atoms with Gasteiger partial charge in [0.25, 0.3) is 0 Å². The number of ether oxygens (including phenoxy) is 1. The monoisotopic (exact) mass is 115 g/mol. The Morgan fingerprint density at radius 2 is 2.62 bits per heavy atom. The molecule has 0 bridgehead atoms. The molecule has 1 aliphatic rings. The Morgan fingerprint density at radius 1 is 1.75 bits per heavy atom. The molecule has 1 unspecified atom stereocenters. The van der Waals surface area contributed by atoms with Gasteiger partial charge in [-0.15, -0.1) is 0 Å². The molecule has 0 radical (unpaired) electrons. The van der Waals surface area contributed by atoms with Crippen LogP contribution in [0, 0.1) is 0 Å². The third-order valence-corrected chi connectivity index (χ3v) is 1.18. The standard InChI is InChI=1S/C5H9NO2/c7-4-6-5-2-1-3-8-5/h4-5H,1-3H2,(H,6,7). The maximum Gasteiger partial charge on any atom is 0.209 e. The van der Waals surface area contributed by atoms with Crippen molar-refractivity contribution in [3.63, 3.8) is 0 Å². The van der Waals surface area contributed by atoms with E-state index in [1.165, 1.54) is 0 Å². The van der Waals surface area contributed by atoms with E-state index >= 15 is 0 Å². The van der Waals surface area contributed by atoms with Crippen molar-refractivity contribution < 1.29 is 9.53 Å². The second kappa shape index (κ2) is 2.67. The van der Waals surface area contributed by atoms with Crippen molar-refractivity contribution >= 4 is 6.41 Å². The summed E-state index contributed by atoms with van der Waals surface area (Å²) in [5, 5.41) is 2.54. The summed E-state index contributed by atoms with van der Waals surface area (Å²) >= 11 is 0. The Balaban J connectivity index is 2.14. The van der Waals surface area contributed by atoms with Crippen LogP contribution >= 0.6 is 0 Å². The minimum absolute atomic E-state index is 0.00694. The van der Waals surface area contributed by atoms with Gasteiger partial charge in [-0.05, 0) is 12.8 Å². The molecule has 1 heterocycles. The zero-order chi connectivity index (χ0) is 5.82. The SMILES string of the molecule is O=CNC1CCCO1. The fourth-order valence-corrected chi connectivity index (χ4v) is 0.785. The first kappa shape index (κ1) is 5.56. The molecule has 1 fully saturated rings. The summed E-state index contributed by atoms with van der Waals surface area (Å²) in [5.41, 5.74) is 0. The molecule has 0 spiro atoms. The van der Waals surface area contributed by atoms with Crippen molar-refractivity contribution in [2.75, 3.05) is 6.61 Å². The highest BCUT2D eigenvalue weighted by atomic mass is 16.5. The van der Waals surface area contributed by atoms with Crippen LogP contribution in [0.4, 0.5) is 0 Å². The molecular weight excluding hydrogens is 106 g/mol. The molecule has 1 N–H and O–H groups in total. The van der Waals surface area contributed by atoms with E-state index in [1.54, 1.807) is 0 Å². The second-order valence-corrected chi connectivity index (χ2v) is 1.79. The van der Waals surface area contributed by atoms with E-state index in [-0.39, 0.29) is 6.23 Å². The number of hydrogen-bond acceptors (Lipinski definition) is 2. The van der Waals surface area contributed by atoms with Gasteiger partial charge in [0, 0.05) is 6.61 Å². The van der Waals surface area contributed by atoms with Gasteiger partial charge in [0.1, 0.15) is 6.23 Å². The lowest BCUT2D eigenvalue weighted by molar-refractivity contribution is -0.112. The predicted molar refractivity (Wildman–Crippen MR) is 28.2 cm³/mol. The van der Waals surface area contributed by atoms with E-state index < -0.39 is 0 Å². The van der Waals surface area contributed by atoms with Crippen molar-refractivity contribution in [3.05, 3.63) is 0 Å². The summed E-state index contributed by atoms with van der Waals surface area (Å²) in [6.45, 7) is 0.783. The van der Waals surface area contributed by atoms with Gasteiger partial charge in [0.05, 0.1) is 0 Å². The van der Waals surface area contributed by atoms with Crippen LogP contribution in [0.5, 0.6) is 0 Å². The quantitative estimate of drug-likeness (QED) is 0.509. The lowest BCUT2D eigenvalue weighted by Crippen LogP contribution is -2.25. The van der Waals surface area contributed by atoms with Gasteiger partial charge in [0.2, 0.25) is 6.41 Å². The molecular formula is C5H9NO2. The highest BCUT2D eigenvalue weighted by Gasteiger charge is 2.12. The Bertz CT molecular complexity index is 78.5. The Hall–Kier alpha value is -0.570. The number of carbonyl (C=O) groups is 1. The van der Waals surface area contributed by atoms with Crippen molar-refractivity contribution in [2.45, 2.75) is 19.1 Å². The van der Waals surface area contributed by atoms with Crippen molar-refractivity contribution in [1.82, 2.24) is 5.32 Å². The minimum Gasteiger partial charge on any atom is -0.359 e. The molecule has 0 aromatic rings. The lowest BCUT2D eigenvalue weighted by atomic mass is 10.3. The van der Waals surface area contributed by atoms with Gasteiger partial charge in [-0.1, -0.05) is 0 Å². The van der Waals surface area contributed by atoms with Crippen LogP contribution in [-0.2, 0) is 9.53 Å². The molecule has 1 amide bonds. The van der Waals surface area contributed by atoms with E-state index in [2.05, 4.69) is 5.32 Å². The maximum absolute atomic E-state index is 9.77. The van der Waals surface area contributed by atoms with Crippen LogP contribution in [-0.4, -0.2) is 19.2 Å². The molecule has 3 heteroatoms. The summed E-state index contributed by atoms with van der Waals surface area (Å²) in [4.78, 5) is 9.77. The first-order valence-electron chi connectivity index (χ1n) is 2.75. The summed E-state index contributed by atoms with van der Waals surface area (Å²) in [6.07, 6.45) is 2.69. The number of rotatable bonds is 2. The number of hydrogen-bond donors (Lipinski definition) is 1. The highest BCUT2D eigenvalue weighted by Crippen LogP contribution is 2.07. The largest absolute Gasteiger partial charge is 0.359 e. The van der Waals surface area contributed by atoms with Crippen LogP contribution in [0.1, 0.15) is 12.8 Å². The molecule has 1 saturated heterocycles. The highest BCUT2D eigenvalue weighted by molar-refractivity contribution is 5.46. The zero-order valence-electron chi connectivity index (χ0n) is 4.59. The molecule has 0 saturated carbocycles. The Morgan fingerprint density at radius 3 is 3.12 bits per heavy atom. The molecule has 0 aliphatic carbocycles. The first-order chi connectivity index (χ1) is 3.93. The van der Waals surface area contributed by atoms with Crippen molar-refractivity contribution in [1.29, 1.82) is 0 Å². The minimum atomic E-state index is -0.00694. The number of amides is 1. The summed E-state index contributed by atoms with van der Waals surface area (Å²) in [5.74, 6) is 0. The van der Waals surface area contributed by atoms with Gasteiger partial charge >= 0.3 is 0 Å². The lowest BCUT2D eigenvalue weighted by Gasteiger charge is -2.04. The maximum atomic E-state index is 9.77. The van der Waals surface area contributed by atoms with Crippen LogP contribution in [0.2, 0.25) is 0 Å². The molecule has 0 aromatic heterocycles. The molecule has 1 atom stereocenters. The third-order valence-electron chi connectivity index (χ3n) is 1.18. The molecule has 0 aromatic carbocycles. The fourth-order valence-electron chi connectivity index (χ4n) is 0.785. The van der Waals surface area contributed by atoms with Gasteiger partial charge < -0.3 is 10.1 Å². The van der Waals surface area contributed by atoms with Gasteiger partial charge in [-0.3, -0.25) is 4.79 Å². The van der Waals surface area contributed by atoms with Gasteiger partial charge in [-0.2, -0.15) is 0 Å². The van der Waals surface area contributed by atoms with E-state index in [9.17, 15) is 4.79 Å². The molecule has 1 rings (SSSR count). The van der Waals surface area contributed by atoms with E-state index in [0.29, 0.717) is 6.41 Å². The summed E-state index contributed by atoms with van der Waals surface area (Å²) in [7, 11) is 0. The third kappa shape index (κ3) is 1.20. The second-order valence-electron chi connectivity index (χ2n) is 1.79. The van der Waals surface area contributed by atoms with Gasteiger partial charge in [0.15, 0.2) is 0 Å². The topological polar surface area (TPSA) is 38.3 Å². The molecule has 8 heavy (non-hydrogen) atoms.